The Morgan fingerprint density at radius 1 is 1.42 bits per heavy atom. The van der Waals surface area contributed by atoms with E-state index >= 15 is 0 Å². The molecule has 1 aromatic rings. The number of nitrogens with zero attached hydrogens (tertiary/aromatic N) is 1. The number of carbonyl (C=O) groups excluding carboxylic acids is 1. The maximum atomic E-state index is 11.4. The number of carbonyl (C=O) groups is 2. The van der Waals surface area contributed by atoms with Crippen LogP contribution in [0.25, 0.3) is 0 Å². The third kappa shape index (κ3) is 5.82. The molecule has 7 heteroatoms. The molecule has 0 saturated carbocycles. The second-order valence-electron chi connectivity index (χ2n) is 3.91. The SMILES string of the molecule is O=C(NCCc1cccnc1)N[C@@H](CCO)C(=O)O. The van der Waals surface area contributed by atoms with Crippen molar-refractivity contribution in [3.05, 3.63) is 30.1 Å². The number of pyridine rings is 1. The summed E-state index contributed by atoms with van der Waals surface area (Å²) in [4.78, 5) is 26.1. The van der Waals surface area contributed by atoms with Gasteiger partial charge in [0.25, 0.3) is 0 Å². The standard InChI is InChI=1S/C12H17N3O4/c16-7-4-10(11(17)18)15-12(19)14-6-3-9-2-1-5-13-8-9/h1-2,5,8,10,16H,3-4,6-7H2,(H,17,18)(H2,14,15,19)/t10-/m0/s1. The third-order valence-electron chi connectivity index (χ3n) is 2.44. The van der Waals surface area contributed by atoms with Crippen LogP contribution in [0.1, 0.15) is 12.0 Å². The van der Waals surface area contributed by atoms with Crippen molar-refractivity contribution >= 4 is 12.0 Å². The molecule has 1 heterocycles. The number of urea groups is 1. The highest BCUT2D eigenvalue weighted by atomic mass is 16.4. The van der Waals surface area contributed by atoms with Gasteiger partial charge in [0.2, 0.25) is 0 Å². The van der Waals surface area contributed by atoms with Gasteiger partial charge < -0.3 is 20.8 Å². The van der Waals surface area contributed by atoms with Crippen molar-refractivity contribution in [1.82, 2.24) is 15.6 Å². The summed E-state index contributed by atoms with van der Waals surface area (Å²) >= 11 is 0. The number of amides is 2. The van der Waals surface area contributed by atoms with E-state index in [2.05, 4.69) is 15.6 Å². The van der Waals surface area contributed by atoms with Gasteiger partial charge in [-0.05, 0) is 18.1 Å². The molecule has 0 spiro atoms. The summed E-state index contributed by atoms with van der Waals surface area (Å²) in [7, 11) is 0. The van der Waals surface area contributed by atoms with Crippen molar-refractivity contribution in [2.45, 2.75) is 18.9 Å². The van der Waals surface area contributed by atoms with Gasteiger partial charge in [0.05, 0.1) is 0 Å². The summed E-state index contributed by atoms with van der Waals surface area (Å²) < 4.78 is 0. The van der Waals surface area contributed by atoms with Crippen molar-refractivity contribution in [3.8, 4) is 0 Å². The smallest absolute Gasteiger partial charge is 0.326 e. The average Bonchev–Trinajstić information content (AvgIpc) is 2.39. The molecule has 0 aliphatic rings. The fraction of sp³-hybridized carbons (Fsp3) is 0.417. The highest BCUT2D eigenvalue weighted by molar-refractivity contribution is 5.82. The zero-order valence-corrected chi connectivity index (χ0v) is 10.4. The normalized spacial score (nSPS) is 11.6. The number of hydrogen-bond donors (Lipinski definition) is 4. The molecular formula is C12H17N3O4. The number of carboxylic acid groups (broad SMARTS) is 1. The zero-order valence-electron chi connectivity index (χ0n) is 10.4. The topological polar surface area (TPSA) is 112 Å². The Morgan fingerprint density at radius 3 is 2.79 bits per heavy atom. The number of aliphatic hydroxyl groups excluding tert-OH is 1. The van der Waals surface area contributed by atoms with Gasteiger partial charge in [-0.15, -0.1) is 0 Å². The summed E-state index contributed by atoms with van der Waals surface area (Å²) in [6, 6.07) is 2.04. The zero-order chi connectivity index (χ0) is 14.1. The van der Waals surface area contributed by atoms with Crippen LogP contribution in [-0.4, -0.2) is 46.4 Å². The molecule has 1 rings (SSSR count). The van der Waals surface area contributed by atoms with E-state index in [0.717, 1.165) is 5.56 Å². The van der Waals surface area contributed by atoms with E-state index in [9.17, 15) is 9.59 Å². The number of hydrogen-bond acceptors (Lipinski definition) is 4. The second-order valence-corrected chi connectivity index (χ2v) is 3.91. The minimum Gasteiger partial charge on any atom is -0.480 e. The lowest BCUT2D eigenvalue weighted by Crippen LogP contribution is -2.46. The molecule has 0 saturated heterocycles. The van der Waals surface area contributed by atoms with Crippen LogP contribution in [-0.2, 0) is 11.2 Å². The summed E-state index contributed by atoms with van der Waals surface area (Å²) in [5.74, 6) is -1.17. The molecule has 0 aromatic carbocycles. The van der Waals surface area contributed by atoms with Crippen molar-refractivity contribution < 1.29 is 19.8 Å². The molecule has 0 aliphatic carbocycles. The monoisotopic (exact) mass is 267 g/mol. The highest BCUT2D eigenvalue weighted by Gasteiger charge is 2.18. The molecule has 0 fully saturated rings. The Kier molecular flexibility index (Phi) is 6.31. The molecule has 0 radical (unpaired) electrons. The molecule has 1 atom stereocenters. The largest absolute Gasteiger partial charge is 0.480 e. The lowest BCUT2D eigenvalue weighted by Gasteiger charge is -2.13. The molecule has 2 amide bonds. The van der Waals surface area contributed by atoms with E-state index in [0.29, 0.717) is 13.0 Å². The van der Waals surface area contributed by atoms with Gasteiger partial charge in [0.1, 0.15) is 6.04 Å². The minimum atomic E-state index is -1.17. The van der Waals surface area contributed by atoms with Gasteiger partial charge in [-0.25, -0.2) is 9.59 Å². The van der Waals surface area contributed by atoms with Crippen LogP contribution in [0, 0.1) is 0 Å². The predicted octanol–water partition coefficient (Wildman–Crippen LogP) is -0.241. The Bertz CT molecular complexity index is 411. The number of aromatic nitrogens is 1. The van der Waals surface area contributed by atoms with E-state index in [1.54, 1.807) is 18.5 Å². The van der Waals surface area contributed by atoms with Gasteiger partial charge in [-0.3, -0.25) is 4.98 Å². The first-order valence-electron chi connectivity index (χ1n) is 5.90. The molecule has 4 N–H and O–H groups in total. The third-order valence-corrected chi connectivity index (χ3v) is 2.44. The Morgan fingerprint density at radius 2 is 2.21 bits per heavy atom. The van der Waals surface area contributed by atoms with Crippen LogP contribution in [0.3, 0.4) is 0 Å². The van der Waals surface area contributed by atoms with Gasteiger partial charge in [0.15, 0.2) is 0 Å². The fourth-order valence-electron chi connectivity index (χ4n) is 1.46. The molecule has 1 aromatic heterocycles. The second kappa shape index (κ2) is 8.04. The first kappa shape index (κ1) is 14.9. The number of rotatable bonds is 7. The number of aliphatic carboxylic acids is 1. The van der Waals surface area contributed by atoms with Crippen LogP contribution in [0.4, 0.5) is 4.79 Å². The first-order valence-corrected chi connectivity index (χ1v) is 5.90. The van der Waals surface area contributed by atoms with Crippen LogP contribution < -0.4 is 10.6 Å². The Balaban J connectivity index is 2.29. The van der Waals surface area contributed by atoms with Gasteiger partial charge in [-0.1, -0.05) is 6.07 Å². The predicted molar refractivity (Wildman–Crippen MR) is 67.6 cm³/mol. The van der Waals surface area contributed by atoms with E-state index < -0.39 is 18.0 Å². The molecule has 0 unspecified atom stereocenters. The summed E-state index contributed by atoms with van der Waals surface area (Å²) in [5, 5.41) is 22.3. The lowest BCUT2D eigenvalue weighted by molar-refractivity contribution is -0.139. The Hall–Kier alpha value is -2.15. The highest BCUT2D eigenvalue weighted by Crippen LogP contribution is 1.95. The molecule has 19 heavy (non-hydrogen) atoms. The maximum Gasteiger partial charge on any atom is 0.326 e. The van der Waals surface area contributed by atoms with Crippen LogP contribution in [0.2, 0.25) is 0 Å². The number of nitrogens with one attached hydrogen (secondary N) is 2. The van der Waals surface area contributed by atoms with Gasteiger partial charge in [0, 0.05) is 32.0 Å². The van der Waals surface area contributed by atoms with Crippen LogP contribution in [0.5, 0.6) is 0 Å². The van der Waals surface area contributed by atoms with Crippen molar-refractivity contribution in [3.63, 3.8) is 0 Å². The quantitative estimate of drug-likeness (QED) is 0.544. The van der Waals surface area contributed by atoms with Gasteiger partial charge >= 0.3 is 12.0 Å². The van der Waals surface area contributed by atoms with E-state index in [1.807, 2.05) is 6.07 Å². The van der Waals surface area contributed by atoms with E-state index in [-0.39, 0.29) is 13.0 Å². The Labute approximate surface area is 110 Å². The lowest BCUT2D eigenvalue weighted by atomic mass is 10.2. The summed E-state index contributed by atoms with van der Waals surface area (Å²) in [5.41, 5.74) is 0.980. The molecule has 7 nitrogen and oxygen atoms in total. The molecule has 0 aliphatic heterocycles. The maximum absolute atomic E-state index is 11.4. The molecular weight excluding hydrogens is 250 g/mol. The minimum absolute atomic E-state index is 0.0225. The van der Waals surface area contributed by atoms with Crippen LogP contribution in [0.15, 0.2) is 24.5 Å². The fourth-order valence-corrected chi connectivity index (χ4v) is 1.46. The number of aliphatic hydroxyl groups is 1. The van der Waals surface area contributed by atoms with E-state index in [1.165, 1.54) is 0 Å². The average molecular weight is 267 g/mol. The molecule has 0 bridgehead atoms. The van der Waals surface area contributed by atoms with Gasteiger partial charge in [-0.2, -0.15) is 0 Å². The first-order chi connectivity index (χ1) is 9.13. The van der Waals surface area contributed by atoms with Crippen molar-refractivity contribution in [1.29, 1.82) is 0 Å². The van der Waals surface area contributed by atoms with Crippen molar-refractivity contribution in [2.75, 3.05) is 13.2 Å². The number of carboxylic acids is 1. The van der Waals surface area contributed by atoms with E-state index in [4.69, 9.17) is 10.2 Å². The van der Waals surface area contributed by atoms with Crippen molar-refractivity contribution in [2.24, 2.45) is 0 Å². The summed E-state index contributed by atoms with van der Waals surface area (Å²) in [6.45, 7) is 0.0793. The van der Waals surface area contributed by atoms with Crippen LogP contribution >= 0.6 is 0 Å². The molecule has 104 valence electrons. The summed E-state index contributed by atoms with van der Waals surface area (Å²) in [6.07, 6.45) is 3.95.